The minimum Gasteiger partial charge on any atom is -0.351 e. The Balaban J connectivity index is 1.96. The highest BCUT2D eigenvalue weighted by Gasteiger charge is 2.41. The lowest BCUT2D eigenvalue weighted by molar-refractivity contribution is -0.128. The van der Waals surface area contributed by atoms with Crippen molar-refractivity contribution in [3.63, 3.8) is 0 Å². The smallest absolute Gasteiger partial charge is 0.240 e. The minimum atomic E-state index is -0.847. The van der Waals surface area contributed by atoms with Crippen LogP contribution in [0.15, 0.2) is 24.3 Å². The summed E-state index contributed by atoms with van der Waals surface area (Å²) in [4.78, 5) is 12.0. The van der Waals surface area contributed by atoms with Crippen molar-refractivity contribution < 1.29 is 9.18 Å². The van der Waals surface area contributed by atoms with E-state index in [2.05, 4.69) is 11.4 Å². The zero-order valence-corrected chi connectivity index (χ0v) is 10.1. The fourth-order valence-corrected chi connectivity index (χ4v) is 2.32. The maximum Gasteiger partial charge on any atom is 0.240 e. The molecule has 1 fully saturated rings. The lowest BCUT2D eigenvalue weighted by atomic mass is 9.87. The van der Waals surface area contributed by atoms with Crippen molar-refractivity contribution >= 4 is 5.91 Å². The largest absolute Gasteiger partial charge is 0.351 e. The molecule has 0 bridgehead atoms. The van der Waals surface area contributed by atoms with E-state index in [1.54, 1.807) is 12.1 Å². The van der Waals surface area contributed by atoms with Crippen molar-refractivity contribution in [3.8, 4) is 6.07 Å². The van der Waals surface area contributed by atoms with Gasteiger partial charge in [-0.1, -0.05) is 25.0 Å². The maximum absolute atomic E-state index is 12.7. The Morgan fingerprint density at radius 1 is 1.33 bits per heavy atom. The highest BCUT2D eigenvalue weighted by molar-refractivity contribution is 5.85. The second kappa shape index (κ2) is 5.18. The topological polar surface area (TPSA) is 52.9 Å². The van der Waals surface area contributed by atoms with Crippen LogP contribution in [0.1, 0.15) is 31.2 Å². The molecule has 1 aliphatic carbocycles. The Labute approximate surface area is 106 Å². The molecule has 1 aromatic rings. The molecule has 1 aliphatic rings. The molecule has 3 nitrogen and oxygen atoms in total. The van der Waals surface area contributed by atoms with Gasteiger partial charge in [-0.15, -0.1) is 0 Å². The quantitative estimate of drug-likeness (QED) is 0.891. The lowest BCUT2D eigenvalue weighted by Gasteiger charge is -2.19. The van der Waals surface area contributed by atoms with Crippen LogP contribution in [0, 0.1) is 22.6 Å². The first kappa shape index (κ1) is 12.6. The van der Waals surface area contributed by atoms with E-state index in [0.29, 0.717) is 19.4 Å². The van der Waals surface area contributed by atoms with Gasteiger partial charge >= 0.3 is 0 Å². The van der Waals surface area contributed by atoms with E-state index < -0.39 is 5.41 Å². The molecule has 1 saturated carbocycles. The summed E-state index contributed by atoms with van der Waals surface area (Å²) in [6, 6.07) is 8.12. The number of rotatable bonds is 3. The van der Waals surface area contributed by atoms with Crippen LogP contribution in [0.4, 0.5) is 4.39 Å². The molecule has 1 N–H and O–H groups in total. The molecule has 1 aromatic carbocycles. The zero-order chi connectivity index (χ0) is 13.0. The molecule has 4 heteroatoms. The number of amides is 1. The van der Waals surface area contributed by atoms with Crippen molar-refractivity contribution in [1.29, 1.82) is 5.26 Å². The van der Waals surface area contributed by atoms with E-state index in [-0.39, 0.29) is 11.7 Å². The molecule has 0 aromatic heterocycles. The van der Waals surface area contributed by atoms with Crippen LogP contribution < -0.4 is 5.32 Å². The van der Waals surface area contributed by atoms with Gasteiger partial charge in [0.25, 0.3) is 0 Å². The average molecular weight is 246 g/mol. The first-order valence-corrected chi connectivity index (χ1v) is 6.10. The number of carbonyl (C=O) groups excluding carboxylic acids is 1. The molecule has 0 aliphatic heterocycles. The van der Waals surface area contributed by atoms with Crippen molar-refractivity contribution in [1.82, 2.24) is 5.32 Å². The number of hydrogen-bond donors (Lipinski definition) is 1. The van der Waals surface area contributed by atoms with E-state index in [0.717, 1.165) is 18.4 Å². The standard InChI is InChI=1S/C14H15FN2O/c15-12-5-3-11(4-6-12)9-17-13(18)14(10-16)7-1-2-8-14/h3-6H,1-2,7-9H2,(H,17,18). The second-order valence-electron chi connectivity index (χ2n) is 4.71. The summed E-state index contributed by atoms with van der Waals surface area (Å²) in [5.41, 5.74) is -0.0177. The van der Waals surface area contributed by atoms with Crippen molar-refractivity contribution in [2.45, 2.75) is 32.2 Å². The van der Waals surface area contributed by atoms with Gasteiger partial charge in [0.2, 0.25) is 5.91 Å². The number of nitrogens with zero attached hydrogens (tertiary/aromatic N) is 1. The molecule has 2 rings (SSSR count). The number of hydrogen-bond acceptors (Lipinski definition) is 2. The Morgan fingerprint density at radius 2 is 1.94 bits per heavy atom. The SMILES string of the molecule is N#CC1(C(=O)NCc2ccc(F)cc2)CCCC1. The third-order valence-electron chi connectivity index (χ3n) is 3.47. The summed E-state index contributed by atoms with van der Waals surface area (Å²) in [5.74, 6) is -0.499. The van der Waals surface area contributed by atoms with Gasteiger partial charge < -0.3 is 5.32 Å². The Hall–Kier alpha value is -1.89. The van der Waals surface area contributed by atoms with Crippen LogP contribution in [0.2, 0.25) is 0 Å². The molecular weight excluding hydrogens is 231 g/mol. The summed E-state index contributed by atoms with van der Waals surface area (Å²) in [6.45, 7) is 0.336. The van der Waals surface area contributed by atoms with Gasteiger partial charge in [-0.2, -0.15) is 5.26 Å². The van der Waals surface area contributed by atoms with Gasteiger partial charge in [0, 0.05) is 6.54 Å². The summed E-state index contributed by atoms with van der Waals surface area (Å²) in [7, 11) is 0. The van der Waals surface area contributed by atoms with Crippen molar-refractivity contribution in [3.05, 3.63) is 35.6 Å². The minimum absolute atomic E-state index is 0.202. The van der Waals surface area contributed by atoms with E-state index in [9.17, 15) is 9.18 Å². The molecular formula is C14H15FN2O. The van der Waals surface area contributed by atoms with E-state index >= 15 is 0 Å². The number of carbonyl (C=O) groups is 1. The number of nitriles is 1. The van der Waals surface area contributed by atoms with Crippen LogP contribution in [0.5, 0.6) is 0 Å². The van der Waals surface area contributed by atoms with Crippen molar-refractivity contribution in [2.24, 2.45) is 5.41 Å². The Morgan fingerprint density at radius 3 is 2.50 bits per heavy atom. The lowest BCUT2D eigenvalue weighted by Crippen LogP contribution is -2.37. The summed E-state index contributed by atoms with van der Waals surface area (Å²) in [6.07, 6.45) is 3.13. The third-order valence-corrected chi connectivity index (χ3v) is 3.47. The molecule has 0 spiro atoms. The highest BCUT2D eigenvalue weighted by Crippen LogP contribution is 2.37. The highest BCUT2D eigenvalue weighted by atomic mass is 19.1. The van der Waals surface area contributed by atoms with Gasteiger partial charge in [-0.05, 0) is 30.5 Å². The molecule has 0 unspecified atom stereocenters. The maximum atomic E-state index is 12.7. The first-order chi connectivity index (χ1) is 8.66. The monoisotopic (exact) mass is 246 g/mol. The van der Waals surface area contributed by atoms with Crippen molar-refractivity contribution in [2.75, 3.05) is 0 Å². The molecule has 0 atom stereocenters. The fraction of sp³-hybridized carbons (Fsp3) is 0.429. The third kappa shape index (κ3) is 2.51. The normalized spacial score (nSPS) is 17.1. The van der Waals surface area contributed by atoms with Gasteiger partial charge in [0.05, 0.1) is 6.07 Å². The predicted octanol–water partition coefficient (Wildman–Crippen LogP) is 2.53. The van der Waals surface area contributed by atoms with Gasteiger partial charge in [-0.25, -0.2) is 4.39 Å². The molecule has 18 heavy (non-hydrogen) atoms. The van der Waals surface area contributed by atoms with Crippen LogP contribution in [0.3, 0.4) is 0 Å². The Bertz CT molecular complexity index is 470. The Kier molecular flexibility index (Phi) is 3.61. The van der Waals surface area contributed by atoms with Crippen LogP contribution in [-0.4, -0.2) is 5.91 Å². The van der Waals surface area contributed by atoms with Gasteiger partial charge in [0.15, 0.2) is 0 Å². The van der Waals surface area contributed by atoms with Gasteiger partial charge in [0.1, 0.15) is 11.2 Å². The molecule has 0 radical (unpaired) electrons. The summed E-state index contributed by atoms with van der Waals surface area (Å²) >= 11 is 0. The molecule has 0 saturated heterocycles. The van der Waals surface area contributed by atoms with E-state index in [1.165, 1.54) is 12.1 Å². The fourth-order valence-electron chi connectivity index (χ4n) is 2.32. The summed E-state index contributed by atoms with van der Waals surface area (Å²) < 4.78 is 12.7. The predicted molar refractivity (Wildman–Crippen MR) is 64.8 cm³/mol. The molecule has 0 heterocycles. The zero-order valence-electron chi connectivity index (χ0n) is 10.1. The average Bonchev–Trinajstić information content (AvgIpc) is 2.88. The van der Waals surface area contributed by atoms with Crippen LogP contribution in [0.25, 0.3) is 0 Å². The number of benzene rings is 1. The van der Waals surface area contributed by atoms with E-state index in [1.807, 2.05) is 0 Å². The summed E-state index contributed by atoms with van der Waals surface area (Å²) in [5, 5.41) is 11.9. The molecule has 94 valence electrons. The van der Waals surface area contributed by atoms with Gasteiger partial charge in [-0.3, -0.25) is 4.79 Å². The van der Waals surface area contributed by atoms with Crippen LogP contribution in [-0.2, 0) is 11.3 Å². The van der Waals surface area contributed by atoms with Crippen LogP contribution >= 0.6 is 0 Å². The number of halogens is 1. The second-order valence-corrected chi connectivity index (χ2v) is 4.71. The first-order valence-electron chi connectivity index (χ1n) is 6.10. The van der Waals surface area contributed by atoms with E-state index in [4.69, 9.17) is 5.26 Å². The number of nitrogens with one attached hydrogen (secondary N) is 1. The molecule has 1 amide bonds.